The molecule has 0 amide bonds. The molecule has 0 saturated heterocycles. The van der Waals surface area contributed by atoms with Gasteiger partial charge in [0, 0.05) is 11.6 Å². The Hall–Kier alpha value is -2.41. The summed E-state index contributed by atoms with van der Waals surface area (Å²) in [6.45, 7) is 1.73. The van der Waals surface area contributed by atoms with E-state index in [9.17, 15) is 9.59 Å². The Balaban J connectivity index is 3.30. The van der Waals surface area contributed by atoms with Crippen LogP contribution in [0.1, 0.15) is 27.0 Å². The van der Waals surface area contributed by atoms with E-state index in [0.717, 1.165) is 6.08 Å². The Labute approximate surface area is 92.4 Å². The number of aliphatic carboxylic acids is 1. The first-order valence-corrected chi connectivity index (χ1v) is 4.49. The summed E-state index contributed by atoms with van der Waals surface area (Å²) in [6, 6.07) is 4.98. The van der Waals surface area contributed by atoms with E-state index in [1.807, 2.05) is 6.07 Å². The number of hydrogen-bond donors (Lipinski definition) is 1. The lowest BCUT2D eigenvalue weighted by Crippen LogP contribution is -1.93. The van der Waals surface area contributed by atoms with E-state index >= 15 is 0 Å². The molecule has 16 heavy (non-hydrogen) atoms. The fraction of sp³-hybridized carbons (Fsp3) is 0.0833. The molecule has 1 N–H and O–H groups in total. The molecule has 4 heteroatoms. The summed E-state index contributed by atoms with van der Waals surface area (Å²) >= 11 is 0. The van der Waals surface area contributed by atoms with Crippen molar-refractivity contribution in [1.29, 1.82) is 5.26 Å². The van der Waals surface area contributed by atoms with Crippen LogP contribution in [0.15, 0.2) is 18.2 Å². The third-order valence-corrected chi connectivity index (χ3v) is 2.09. The first-order chi connectivity index (χ1) is 7.58. The fourth-order valence-electron chi connectivity index (χ4n) is 1.27. The van der Waals surface area contributed by atoms with Gasteiger partial charge in [0.25, 0.3) is 0 Å². The molecule has 0 aromatic heterocycles. The van der Waals surface area contributed by atoms with Crippen LogP contribution in [0, 0.1) is 18.3 Å². The molecule has 1 rings (SSSR count). The molecule has 0 saturated carbocycles. The second-order valence-electron chi connectivity index (χ2n) is 3.20. The highest BCUT2D eigenvalue weighted by atomic mass is 16.4. The quantitative estimate of drug-likeness (QED) is 0.615. The van der Waals surface area contributed by atoms with Crippen molar-refractivity contribution in [3.63, 3.8) is 0 Å². The number of nitrogens with zero attached hydrogens (tertiary/aromatic N) is 1. The van der Waals surface area contributed by atoms with Gasteiger partial charge in [0.1, 0.15) is 6.29 Å². The minimum absolute atomic E-state index is 0.283. The maximum absolute atomic E-state index is 10.7. The molecule has 80 valence electrons. The molecule has 0 unspecified atom stereocenters. The van der Waals surface area contributed by atoms with Crippen LogP contribution in [0.3, 0.4) is 0 Å². The summed E-state index contributed by atoms with van der Waals surface area (Å²) in [5.74, 6) is -1.08. The Kier molecular flexibility index (Phi) is 3.57. The van der Waals surface area contributed by atoms with Gasteiger partial charge in [-0.25, -0.2) is 4.79 Å². The van der Waals surface area contributed by atoms with Crippen molar-refractivity contribution >= 4 is 18.3 Å². The lowest BCUT2D eigenvalue weighted by Gasteiger charge is -2.02. The lowest BCUT2D eigenvalue weighted by atomic mass is 10.00. The molecule has 0 spiro atoms. The maximum atomic E-state index is 10.7. The van der Waals surface area contributed by atoms with E-state index in [1.54, 1.807) is 13.0 Å². The fourth-order valence-corrected chi connectivity index (χ4v) is 1.27. The van der Waals surface area contributed by atoms with E-state index in [4.69, 9.17) is 10.4 Å². The average molecular weight is 215 g/mol. The molecule has 4 nitrogen and oxygen atoms in total. The molecule has 0 aliphatic heterocycles. The number of carbonyl (C=O) groups is 2. The Morgan fingerprint density at radius 2 is 2.12 bits per heavy atom. The van der Waals surface area contributed by atoms with Gasteiger partial charge in [0.05, 0.1) is 11.6 Å². The molecule has 0 atom stereocenters. The molecule has 0 bridgehead atoms. The zero-order valence-electron chi connectivity index (χ0n) is 8.60. The van der Waals surface area contributed by atoms with E-state index in [2.05, 4.69) is 0 Å². The van der Waals surface area contributed by atoms with Crippen molar-refractivity contribution in [2.24, 2.45) is 0 Å². The minimum atomic E-state index is -1.08. The largest absolute Gasteiger partial charge is 0.478 e. The number of rotatable bonds is 3. The summed E-state index contributed by atoms with van der Waals surface area (Å²) in [7, 11) is 0. The Bertz CT molecular complexity index is 510. The number of nitriles is 1. The minimum Gasteiger partial charge on any atom is -0.478 e. The van der Waals surface area contributed by atoms with Crippen molar-refractivity contribution in [2.45, 2.75) is 6.92 Å². The lowest BCUT2D eigenvalue weighted by molar-refractivity contribution is -0.131. The van der Waals surface area contributed by atoms with Crippen molar-refractivity contribution in [3.8, 4) is 6.07 Å². The predicted molar refractivity (Wildman–Crippen MR) is 58.0 cm³/mol. The number of carbonyl (C=O) groups excluding carboxylic acids is 1. The summed E-state index contributed by atoms with van der Waals surface area (Å²) in [6.07, 6.45) is 2.96. The highest BCUT2D eigenvalue weighted by Gasteiger charge is 2.04. The third-order valence-electron chi connectivity index (χ3n) is 2.09. The highest BCUT2D eigenvalue weighted by molar-refractivity contribution is 5.87. The van der Waals surface area contributed by atoms with Crippen LogP contribution in [0.25, 0.3) is 6.08 Å². The van der Waals surface area contributed by atoms with Crippen molar-refractivity contribution in [3.05, 3.63) is 40.5 Å². The van der Waals surface area contributed by atoms with Crippen LogP contribution >= 0.6 is 0 Å². The van der Waals surface area contributed by atoms with Crippen molar-refractivity contribution < 1.29 is 14.7 Å². The van der Waals surface area contributed by atoms with Crippen LogP contribution in [0.2, 0.25) is 0 Å². The highest BCUT2D eigenvalue weighted by Crippen LogP contribution is 2.16. The molecule has 0 heterocycles. The van der Waals surface area contributed by atoms with Gasteiger partial charge in [-0.1, -0.05) is 0 Å². The second-order valence-corrected chi connectivity index (χ2v) is 3.20. The van der Waals surface area contributed by atoms with E-state index in [1.165, 1.54) is 12.1 Å². The van der Waals surface area contributed by atoms with E-state index in [-0.39, 0.29) is 5.56 Å². The number of carboxylic acids is 1. The number of aryl methyl sites for hydroxylation is 1. The smallest absolute Gasteiger partial charge is 0.328 e. The average Bonchev–Trinajstić information content (AvgIpc) is 2.26. The van der Waals surface area contributed by atoms with Crippen LogP contribution in [0.5, 0.6) is 0 Å². The van der Waals surface area contributed by atoms with Gasteiger partial charge in [-0.05, 0) is 36.3 Å². The first-order valence-electron chi connectivity index (χ1n) is 4.49. The summed E-state index contributed by atoms with van der Waals surface area (Å²) < 4.78 is 0. The number of carboxylic acid groups (broad SMARTS) is 1. The van der Waals surface area contributed by atoms with Gasteiger partial charge in [-0.15, -0.1) is 0 Å². The summed E-state index contributed by atoms with van der Waals surface area (Å²) in [4.78, 5) is 21.0. The third kappa shape index (κ3) is 2.55. The van der Waals surface area contributed by atoms with Gasteiger partial charge >= 0.3 is 5.97 Å². The van der Waals surface area contributed by atoms with Crippen molar-refractivity contribution in [2.75, 3.05) is 0 Å². The Morgan fingerprint density at radius 1 is 1.44 bits per heavy atom. The van der Waals surface area contributed by atoms with Crippen LogP contribution in [0.4, 0.5) is 0 Å². The van der Waals surface area contributed by atoms with Crippen LogP contribution in [-0.4, -0.2) is 17.4 Å². The standard InChI is InChI=1S/C12H9NO3/c1-8-4-9(2-3-12(15)16)10(6-13)5-11(8)7-14/h2-5,7H,1H3,(H,15,16)/b3-2+. The molecule has 0 aliphatic carbocycles. The monoisotopic (exact) mass is 215 g/mol. The normalized spacial score (nSPS) is 10.0. The number of aldehydes is 1. The first kappa shape index (κ1) is 11.7. The van der Waals surface area contributed by atoms with Gasteiger partial charge in [-0.3, -0.25) is 4.79 Å². The van der Waals surface area contributed by atoms with Crippen LogP contribution in [-0.2, 0) is 4.79 Å². The predicted octanol–water partition coefficient (Wildman–Crippen LogP) is 1.78. The van der Waals surface area contributed by atoms with Gasteiger partial charge in [0.2, 0.25) is 0 Å². The van der Waals surface area contributed by atoms with Gasteiger partial charge in [0.15, 0.2) is 0 Å². The summed E-state index contributed by atoms with van der Waals surface area (Å²) in [5, 5.41) is 17.3. The molecular weight excluding hydrogens is 206 g/mol. The SMILES string of the molecule is Cc1cc(/C=C/C(=O)O)c(C#N)cc1C=O. The molecule has 0 aliphatic rings. The maximum Gasteiger partial charge on any atom is 0.328 e. The van der Waals surface area contributed by atoms with Gasteiger partial charge in [-0.2, -0.15) is 5.26 Å². The zero-order chi connectivity index (χ0) is 12.1. The molecule has 1 aromatic rings. The molecule has 0 fully saturated rings. The van der Waals surface area contributed by atoms with Crippen molar-refractivity contribution in [1.82, 2.24) is 0 Å². The number of hydrogen-bond acceptors (Lipinski definition) is 3. The number of benzene rings is 1. The van der Waals surface area contributed by atoms with Crippen LogP contribution < -0.4 is 0 Å². The zero-order valence-corrected chi connectivity index (χ0v) is 8.60. The molecular formula is C12H9NO3. The second kappa shape index (κ2) is 4.89. The molecule has 0 radical (unpaired) electrons. The summed E-state index contributed by atoms with van der Waals surface area (Å²) in [5.41, 5.74) is 1.92. The molecule has 1 aromatic carbocycles. The van der Waals surface area contributed by atoms with E-state index in [0.29, 0.717) is 23.0 Å². The Morgan fingerprint density at radius 3 is 2.62 bits per heavy atom. The topological polar surface area (TPSA) is 78.2 Å². The van der Waals surface area contributed by atoms with Gasteiger partial charge < -0.3 is 5.11 Å². The van der Waals surface area contributed by atoms with E-state index < -0.39 is 5.97 Å².